The molecule has 0 aromatic heterocycles. The molecular weight excluding hydrogens is 268 g/mol. The zero-order chi connectivity index (χ0) is 14.8. The highest BCUT2D eigenvalue weighted by Crippen LogP contribution is 2.34. The molecule has 1 aromatic carbocycles. The number of carboxylic acids is 1. The maximum Gasteiger partial charge on any atom is 0.303 e. The number of carbonyl (C=O) groups is 2. The number of fused-ring (bicyclic) bond motifs is 1. The molecule has 0 bridgehead atoms. The Morgan fingerprint density at radius 2 is 2.10 bits per heavy atom. The van der Waals surface area contributed by atoms with Gasteiger partial charge in [0.1, 0.15) is 0 Å². The summed E-state index contributed by atoms with van der Waals surface area (Å²) >= 11 is 0. The van der Waals surface area contributed by atoms with Crippen molar-refractivity contribution in [1.29, 1.82) is 0 Å². The minimum absolute atomic E-state index is 0.112. The molecule has 2 N–H and O–H groups in total. The summed E-state index contributed by atoms with van der Waals surface area (Å²) in [5, 5.41) is 12.2. The maximum atomic E-state index is 12.4. The molecule has 1 saturated heterocycles. The Bertz CT molecular complexity index is 558. The summed E-state index contributed by atoms with van der Waals surface area (Å²) in [6, 6.07) is 8.11. The van der Waals surface area contributed by atoms with Gasteiger partial charge in [-0.3, -0.25) is 9.59 Å². The third-order valence-corrected chi connectivity index (χ3v) is 4.46. The molecule has 1 amide bonds. The van der Waals surface area contributed by atoms with Gasteiger partial charge in [-0.05, 0) is 24.0 Å². The second-order valence-electron chi connectivity index (χ2n) is 5.96. The molecule has 2 aliphatic rings. The van der Waals surface area contributed by atoms with Crippen LogP contribution in [0.1, 0.15) is 30.7 Å². The van der Waals surface area contributed by atoms with Gasteiger partial charge >= 0.3 is 5.97 Å². The van der Waals surface area contributed by atoms with Crippen LogP contribution in [0.4, 0.5) is 5.69 Å². The van der Waals surface area contributed by atoms with Crippen LogP contribution in [0.5, 0.6) is 0 Å². The predicted octanol–water partition coefficient (Wildman–Crippen LogP) is 1.91. The van der Waals surface area contributed by atoms with E-state index in [0.29, 0.717) is 19.5 Å². The standard InChI is InChI=1S/C16H20N2O3/c19-15(18-6-5-11(10-18)7-16(20)21)8-12-9-17-14-4-2-1-3-13(12)14/h1-4,11-12,17H,5-10H2,(H,20,21). The number of benzene rings is 1. The largest absolute Gasteiger partial charge is 0.481 e. The summed E-state index contributed by atoms with van der Waals surface area (Å²) in [6.45, 7) is 2.09. The van der Waals surface area contributed by atoms with Crippen molar-refractivity contribution in [3.05, 3.63) is 29.8 Å². The van der Waals surface area contributed by atoms with Crippen LogP contribution < -0.4 is 5.32 Å². The number of anilines is 1. The summed E-state index contributed by atoms with van der Waals surface area (Å²) in [5.74, 6) is -0.290. The zero-order valence-corrected chi connectivity index (χ0v) is 11.9. The number of nitrogens with one attached hydrogen (secondary N) is 1. The molecule has 3 rings (SSSR count). The van der Waals surface area contributed by atoms with Gasteiger partial charge in [-0.2, -0.15) is 0 Å². The van der Waals surface area contributed by atoms with Crippen molar-refractivity contribution in [2.24, 2.45) is 5.92 Å². The van der Waals surface area contributed by atoms with Crippen LogP contribution in [0.3, 0.4) is 0 Å². The lowest BCUT2D eigenvalue weighted by atomic mass is 9.97. The average Bonchev–Trinajstić information content (AvgIpc) is 3.06. The minimum Gasteiger partial charge on any atom is -0.481 e. The van der Waals surface area contributed by atoms with Crippen molar-refractivity contribution in [2.75, 3.05) is 25.0 Å². The van der Waals surface area contributed by atoms with E-state index in [2.05, 4.69) is 11.4 Å². The Hall–Kier alpha value is -2.04. The monoisotopic (exact) mass is 288 g/mol. The fourth-order valence-corrected chi connectivity index (χ4v) is 3.35. The number of carbonyl (C=O) groups excluding carboxylic acids is 1. The molecule has 0 aliphatic carbocycles. The first-order chi connectivity index (χ1) is 10.1. The SMILES string of the molecule is O=C(O)CC1CCN(C(=O)CC2CNc3ccccc32)C1. The van der Waals surface area contributed by atoms with Crippen molar-refractivity contribution in [3.63, 3.8) is 0 Å². The van der Waals surface area contributed by atoms with E-state index in [0.717, 1.165) is 18.7 Å². The number of carboxylic acid groups (broad SMARTS) is 1. The maximum absolute atomic E-state index is 12.4. The number of hydrogen-bond donors (Lipinski definition) is 2. The van der Waals surface area contributed by atoms with E-state index in [-0.39, 0.29) is 24.2 Å². The van der Waals surface area contributed by atoms with E-state index in [1.54, 1.807) is 0 Å². The predicted molar refractivity (Wildman–Crippen MR) is 79.2 cm³/mol. The van der Waals surface area contributed by atoms with E-state index in [9.17, 15) is 9.59 Å². The molecule has 2 atom stereocenters. The van der Waals surface area contributed by atoms with Crippen LogP contribution in [0.2, 0.25) is 0 Å². The van der Waals surface area contributed by atoms with Gasteiger partial charge in [-0.1, -0.05) is 18.2 Å². The summed E-state index contributed by atoms with van der Waals surface area (Å²) in [5.41, 5.74) is 2.34. The Morgan fingerprint density at radius 1 is 1.29 bits per heavy atom. The first kappa shape index (κ1) is 13.9. The molecule has 0 radical (unpaired) electrons. The van der Waals surface area contributed by atoms with Gasteiger partial charge in [-0.25, -0.2) is 0 Å². The first-order valence-corrected chi connectivity index (χ1v) is 7.46. The molecule has 21 heavy (non-hydrogen) atoms. The van der Waals surface area contributed by atoms with Crippen molar-refractivity contribution in [3.8, 4) is 0 Å². The molecule has 5 nitrogen and oxygen atoms in total. The van der Waals surface area contributed by atoms with Crippen LogP contribution in [-0.2, 0) is 9.59 Å². The molecular formula is C16H20N2O3. The second kappa shape index (κ2) is 5.76. The van der Waals surface area contributed by atoms with Gasteiger partial charge in [-0.15, -0.1) is 0 Å². The Morgan fingerprint density at radius 3 is 2.90 bits per heavy atom. The van der Waals surface area contributed by atoms with Crippen molar-refractivity contribution < 1.29 is 14.7 Å². The summed E-state index contributed by atoms with van der Waals surface area (Å²) in [7, 11) is 0. The second-order valence-corrected chi connectivity index (χ2v) is 5.96. The summed E-state index contributed by atoms with van der Waals surface area (Å²) in [6.07, 6.45) is 1.47. The smallest absolute Gasteiger partial charge is 0.303 e. The molecule has 1 fully saturated rings. The van der Waals surface area contributed by atoms with Crippen LogP contribution in [0.15, 0.2) is 24.3 Å². The van der Waals surface area contributed by atoms with Gasteiger partial charge < -0.3 is 15.3 Å². The van der Waals surface area contributed by atoms with Crippen LogP contribution in [0.25, 0.3) is 0 Å². The number of nitrogens with zero attached hydrogens (tertiary/aromatic N) is 1. The molecule has 0 saturated carbocycles. The van der Waals surface area contributed by atoms with Gasteiger partial charge in [0.15, 0.2) is 0 Å². The first-order valence-electron chi connectivity index (χ1n) is 7.46. The van der Waals surface area contributed by atoms with E-state index < -0.39 is 5.97 Å². The summed E-state index contributed by atoms with van der Waals surface area (Å²) in [4.78, 5) is 25.0. The molecule has 0 spiro atoms. The normalized spacial score (nSPS) is 23.7. The molecule has 2 unspecified atom stereocenters. The quantitative estimate of drug-likeness (QED) is 0.888. The average molecular weight is 288 g/mol. The highest BCUT2D eigenvalue weighted by molar-refractivity contribution is 5.78. The third-order valence-electron chi connectivity index (χ3n) is 4.46. The van der Waals surface area contributed by atoms with E-state index in [4.69, 9.17) is 5.11 Å². The van der Waals surface area contributed by atoms with E-state index >= 15 is 0 Å². The number of amides is 1. The number of aliphatic carboxylic acids is 1. The van der Waals surface area contributed by atoms with Crippen LogP contribution in [-0.4, -0.2) is 41.5 Å². The lowest BCUT2D eigenvalue weighted by Crippen LogP contribution is -2.30. The van der Waals surface area contributed by atoms with Gasteiger partial charge in [0, 0.05) is 44.1 Å². The van der Waals surface area contributed by atoms with E-state index in [1.165, 1.54) is 5.56 Å². The van der Waals surface area contributed by atoms with Crippen molar-refractivity contribution in [1.82, 2.24) is 4.90 Å². The van der Waals surface area contributed by atoms with E-state index in [1.807, 2.05) is 23.1 Å². The Balaban J connectivity index is 1.57. The lowest BCUT2D eigenvalue weighted by molar-refractivity contribution is -0.138. The number of para-hydroxylation sites is 1. The minimum atomic E-state index is -0.775. The number of hydrogen-bond acceptors (Lipinski definition) is 3. The van der Waals surface area contributed by atoms with Crippen LogP contribution in [0, 0.1) is 5.92 Å². The summed E-state index contributed by atoms with van der Waals surface area (Å²) < 4.78 is 0. The molecule has 1 aromatic rings. The van der Waals surface area contributed by atoms with Gasteiger partial charge in [0.25, 0.3) is 0 Å². The molecule has 5 heteroatoms. The molecule has 2 heterocycles. The highest BCUT2D eigenvalue weighted by atomic mass is 16.4. The Kier molecular flexibility index (Phi) is 3.82. The van der Waals surface area contributed by atoms with Crippen molar-refractivity contribution in [2.45, 2.75) is 25.2 Å². The highest BCUT2D eigenvalue weighted by Gasteiger charge is 2.31. The molecule has 112 valence electrons. The lowest BCUT2D eigenvalue weighted by Gasteiger charge is -2.18. The van der Waals surface area contributed by atoms with Gasteiger partial charge in [0.2, 0.25) is 5.91 Å². The topological polar surface area (TPSA) is 69.6 Å². The molecule has 2 aliphatic heterocycles. The Labute approximate surface area is 123 Å². The third kappa shape index (κ3) is 3.01. The van der Waals surface area contributed by atoms with Gasteiger partial charge in [0.05, 0.1) is 0 Å². The fraction of sp³-hybridized carbons (Fsp3) is 0.500. The fourth-order valence-electron chi connectivity index (χ4n) is 3.35. The van der Waals surface area contributed by atoms with Crippen LogP contribution >= 0.6 is 0 Å². The zero-order valence-electron chi connectivity index (χ0n) is 11.9. The van der Waals surface area contributed by atoms with Crippen molar-refractivity contribution >= 4 is 17.6 Å². The number of likely N-dealkylation sites (tertiary alicyclic amines) is 1. The number of rotatable bonds is 4.